The van der Waals surface area contributed by atoms with Gasteiger partial charge in [-0.15, -0.1) is 35.3 Å². The SMILES string of the molecule is CN=C(NCCNC(C)(C)C)NCc1nc(C(F)(F)F)cs1.I. The highest BCUT2D eigenvalue weighted by atomic mass is 127. The summed E-state index contributed by atoms with van der Waals surface area (Å²) in [4.78, 5) is 7.57. The van der Waals surface area contributed by atoms with E-state index in [1.165, 1.54) is 0 Å². The first-order valence-corrected chi connectivity index (χ1v) is 7.71. The Morgan fingerprint density at radius 1 is 1.22 bits per heavy atom. The molecule has 1 aromatic heterocycles. The van der Waals surface area contributed by atoms with E-state index in [4.69, 9.17) is 0 Å². The van der Waals surface area contributed by atoms with Gasteiger partial charge in [0.2, 0.25) is 0 Å². The molecule has 0 aliphatic rings. The van der Waals surface area contributed by atoms with E-state index < -0.39 is 11.9 Å². The summed E-state index contributed by atoms with van der Waals surface area (Å²) in [6.07, 6.45) is -4.40. The molecule has 0 aliphatic carbocycles. The molecular weight excluding hydrogens is 442 g/mol. The minimum absolute atomic E-state index is 0. The molecule has 0 bridgehead atoms. The van der Waals surface area contributed by atoms with Gasteiger partial charge in [0.25, 0.3) is 0 Å². The highest BCUT2D eigenvalue weighted by Crippen LogP contribution is 2.29. The van der Waals surface area contributed by atoms with Crippen LogP contribution in [0.25, 0.3) is 0 Å². The number of halogens is 4. The Kier molecular flexibility index (Phi) is 9.36. The van der Waals surface area contributed by atoms with Gasteiger partial charge in [-0.05, 0) is 20.8 Å². The Morgan fingerprint density at radius 2 is 1.87 bits per heavy atom. The van der Waals surface area contributed by atoms with E-state index in [1.54, 1.807) is 7.05 Å². The molecule has 1 heterocycles. The van der Waals surface area contributed by atoms with Crippen molar-refractivity contribution >= 4 is 41.3 Å². The fourth-order valence-electron chi connectivity index (χ4n) is 1.52. The Morgan fingerprint density at radius 3 is 2.35 bits per heavy atom. The van der Waals surface area contributed by atoms with Crippen LogP contribution in [-0.2, 0) is 12.7 Å². The highest BCUT2D eigenvalue weighted by Gasteiger charge is 2.33. The molecule has 0 saturated heterocycles. The minimum atomic E-state index is -4.40. The van der Waals surface area contributed by atoms with Crippen molar-refractivity contribution < 1.29 is 13.2 Å². The smallest absolute Gasteiger partial charge is 0.355 e. The predicted molar refractivity (Wildman–Crippen MR) is 98.5 cm³/mol. The molecule has 10 heteroatoms. The molecule has 0 amide bonds. The van der Waals surface area contributed by atoms with Crippen molar-refractivity contribution in [2.24, 2.45) is 4.99 Å². The number of nitrogens with zero attached hydrogens (tertiary/aromatic N) is 2. The van der Waals surface area contributed by atoms with Crippen molar-refractivity contribution in [1.82, 2.24) is 20.9 Å². The maximum absolute atomic E-state index is 12.4. The molecule has 0 saturated carbocycles. The van der Waals surface area contributed by atoms with Crippen LogP contribution in [0.2, 0.25) is 0 Å². The van der Waals surface area contributed by atoms with Crippen molar-refractivity contribution in [2.45, 2.75) is 39.0 Å². The van der Waals surface area contributed by atoms with Crippen molar-refractivity contribution in [3.63, 3.8) is 0 Å². The summed E-state index contributed by atoms with van der Waals surface area (Å²) < 4.78 is 37.3. The first kappa shape index (κ1) is 22.4. The van der Waals surface area contributed by atoms with Crippen LogP contribution in [-0.4, -0.2) is 36.6 Å². The van der Waals surface area contributed by atoms with E-state index in [-0.39, 0.29) is 36.1 Å². The topological polar surface area (TPSA) is 61.3 Å². The lowest BCUT2D eigenvalue weighted by Gasteiger charge is -2.21. The van der Waals surface area contributed by atoms with Crippen LogP contribution in [0.5, 0.6) is 0 Å². The van der Waals surface area contributed by atoms with E-state index in [2.05, 4.69) is 46.7 Å². The van der Waals surface area contributed by atoms with Gasteiger partial charge in [-0.25, -0.2) is 4.98 Å². The van der Waals surface area contributed by atoms with Gasteiger partial charge in [0.05, 0.1) is 6.54 Å². The first-order valence-electron chi connectivity index (χ1n) is 6.83. The molecule has 0 fully saturated rings. The number of rotatable bonds is 5. The third-order valence-corrected chi connectivity index (χ3v) is 3.39. The molecule has 0 atom stereocenters. The molecular formula is C13H23F3IN5S. The Bertz CT molecular complexity index is 497. The number of aromatic nitrogens is 1. The summed E-state index contributed by atoms with van der Waals surface area (Å²) in [7, 11) is 1.61. The summed E-state index contributed by atoms with van der Waals surface area (Å²) in [5, 5.41) is 10.7. The quantitative estimate of drug-likeness (QED) is 0.271. The van der Waals surface area contributed by atoms with Gasteiger partial charge < -0.3 is 16.0 Å². The van der Waals surface area contributed by atoms with Crippen LogP contribution in [0.4, 0.5) is 13.2 Å². The van der Waals surface area contributed by atoms with Crippen molar-refractivity contribution in [3.8, 4) is 0 Å². The lowest BCUT2D eigenvalue weighted by molar-refractivity contribution is -0.140. The molecule has 0 radical (unpaired) electrons. The van der Waals surface area contributed by atoms with Gasteiger partial charge in [0, 0.05) is 31.1 Å². The molecule has 1 rings (SSSR count). The molecule has 0 aromatic carbocycles. The second-order valence-electron chi connectivity index (χ2n) is 5.65. The largest absolute Gasteiger partial charge is 0.434 e. The summed E-state index contributed by atoms with van der Waals surface area (Å²) in [5.74, 6) is 0.527. The standard InChI is InChI=1S/C13H22F3N5S.HI/c1-12(2,3)20-6-5-18-11(17-4)19-7-10-21-9(8-22-10)13(14,15)16;/h8,20H,5-7H2,1-4H3,(H2,17,18,19);1H. The highest BCUT2D eigenvalue weighted by molar-refractivity contribution is 14.0. The molecule has 23 heavy (non-hydrogen) atoms. The third kappa shape index (κ3) is 9.30. The number of thiazole rings is 1. The van der Waals surface area contributed by atoms with Crippen LogP contribution in [0.1, 0.15) is 31.5 Å². The van der Waals surface area contributed by atoms with Crippen LogP contribution in [0.3, 0.4) is 0 Å². The van der Waals surface area contributed by atoms with Gasteiger partial charge >= 0.3 is 6.18 Å². The molecule has 5 nitrogen and oxygen atoms in total. The maximum Gasteiger partial charge on any atom is 0.434 e. The van der Waals surface area contributed by atoms with Crippen LogP contribution < -0.4 is 16.0 Å². The van der Waals surface area contributed by atoms with E-state index >= 15 is 0 Å². The molecule has 0 aliphatic heterocycles. The fraction of sp³-hybridized carbons (Fsp3) is 0.692. The summed E-state index contributed by atoms with van der Waals surface area (Å²) >= 11 is 0.972. The molecule has 0 spiro atoms. The zero-order valence-corrected chi connectivity index (χ0v) is 16.7. The van der Waals surface area contributed by atoms with Crippen molar-refractivity contribution in [2.75, 3.05) is 20.1 Å². The molecule has 3 N–H and O–H groups in total. The zero-order valence-electron chi connectivity index (χ0n) is 13.5. The maximum atomic E-state index is 12.4. The van der Waals surface area contributed by atoms with Gasteiger partial charge in [-0.2, -0.15) is 13.2 Å². The molecule has 134 valence electrons. The average molecular weight is 465 g/mol. The fourth-order valence-corrected chi connectivity index (χ4v) is 2.26. The monoisotopic (exact) mass is 465 g/mol. The molecule has 1 aromatic rings. The Balaban J connectivity index is 0.00000484. The van der Waals surface area contributed by atoms with Crippen LogP contribution in [0.15, 0.2) is 10.4 Å². The normalized spacial score (nSPS) is 12.7. The van der Waals surface area contributed by atoms with E-state index in [0.29, 0.717) is 17.5 Å². The number of hydrogen-bond donors (Lipinski definition) is 3. The van der Waals surface area contributed by atoms with Gasteiger partial charge in [-0.3, -0.25) is 4.99 Å². The van der Waals surface area contributed by atoms with E-state index in [9.17, 15) is 13.2 Å². The second kappa shape index (κ2) is 9.62. The number of alkyl halides is 3. The average Bonchev–Trinajstić information content (AvgIpc) is 2.85. The first-order chi connectivity index (χ1) is 10.1. The third-order valence-electron chi connectivity index (χ3n) is 2.55. The number of nitrogens with one attached hydrogen (secondary N) is 3. The van der Waals surface area contributed by atoms with Gasteiger partial charge in [-0.1, -0.05) is 0 Å². The summed E-state index contributed by atoms with van der Waals surface area (Å²) in [6.45, 7) is 7.82. The second-order valence-corrected chi connectivity index (χ2v) is 6.60. The predicted octanol–water partition coefficient (Wildman–Crippen LogP) is 2.83. The summed E-state index contributed by atoms with van der Waals surface area (Å²) in [6, 6.07) is 0. The molecule has 0 unspecified atom stereocenters. The number of guanidine groups is 1. The van der Waals surface area contributed by atoms with Gasteiger partial charge in [0.1, 0.15) is 5.01 Å². The Labute approximate surface area is 155 Å². The number of aliphatic imine (C=N–C) groups is 1. The van der Waals surface area contributed by atoms with Gasteiger partial charge in [0.15, 0.2) is 11.7 Å². The van der Waals surface area contributed by atoms with Crippen LogP contribution >= 0.6 is 35.3 Å². The minimum Gasteiger partial charge on any atom is -0.355 e. The lowest BCUT2D eigenvalue weighted by Crippen LogP contribution is -2.44. The lowest BCUT2D eigenvalue weighted by atomic mass is 10.1. The zero-order chi connectivity index (χ0) is 16.8. The Hall–Kier alpha value is -0.620. The van der Waals surface area contributed by atoms with Crippen molar-refractivity contribution in [3.05, 3.63) is 16.1 Å². The number of hydrogen-bond acceptors (Lipinski definition) is 4. The van der Waals surface area contributed by atoms with Crippen LogP contribution in [0, 0.1) is 0 Å². The van der Waals surface area contributed by atoms with E-state index in [1.807, 2.05) is 0 Å². The van der Waals surface area contributed by atoms with Crippen molar-refractivity contribution in [1.29, 1.82) is 0 Å². The summed E-state index contributed by atoms with van der Waals surface area (Å²) in [5.41, 5.74) is -0.820. The van der Waals surface area contributed by atoms with E-state index in [0.717, 1.165) is 23.3 Å².